The number of aryl methyl sites for hydroxylation is 2. The molecule has 8 nitrogen and oxygen atoms in total. The molecule has 152 valence electrons. The molecule has 1 aromatic heterocycles. The molecule has 1 aromatic rings. The molecule has 9 heteroatoms. The molecule has 0 saturated heterocycles. The van der Waals surface area contributed by atoms with E-state index in [9.17, 15) is 14.4 Å². The lowest BCUT2D eigenvalue weighted by Gasteiger charge is -2.23. The summed E-state index contributed by atoms with van der Waals surface area (Å²) < 4.78 is 4.59. The third-order valence-corrected chi connectivity index (χ3v) is 4.98. The minimum absolute atomic E-state index is 0.0256. The number of nitrogens with zero attached hydrogens (tertiary/aromatic N) is 3. The molecule has 0 aliphatic carbocycles. The molecule has 2 amide bonds. The number of ether oxygens (including phenoxy) is 1. The summed E-state index contributed by atoms with van der Waals surface area (Å²) in [6.07, 6.45) is 1.57. The van der Waals surface area contributed by atoms with Crippen molar-refractivity contribution >= 4 is 34.3 Å². The van der Waals surface area contributed by atoms with E-state index in [1.165, 1.54) is 18.4 Å². The third kappa shape index (κ3) is 8.96. The molecule has 0 aliphatic heterocycles. The first-order chi connectivity index (χ1) is 12.7. The second kappa shape index (κ2) is 11.7. The van der Waals surface area contributed by atoms with Gasteiger partial charge >= 0.3 is 5.97 Å². The van der Waals surface area contributed by atoms with Crippen LogP contribution in [0, 0.1) is 13.8 Å². The normalized spacial score (nSPS) is 10.7. The van der Waals surface area contributed by atoms with E-state index in [2.05, 4.69) is 15.0 Å². The molecule has 0 aromatic carbocycles. The van der Waals surface area contributed by atoms with E-state index < -0.39 is 0 Å². The number of carbonyl (C=O) groups excluding carboxylic acids is 3. The van der Waals surface area contributed by atoms with Gasteiger partial charge in [0.1, 0.15) is 0 Å². The lowest BCUT2D eigenvalue weighted by molar-refractivity contribution is -0.141. The van der Waals surface area contributed by atoms with Gasteiger partial charge in [0.2, 0.25) is 11.8 Å². The number of esters is 1. The highest BCUT2D eigenvalue weighted by Crippen LogP contribution is 2.21. The molecule has 0 bridgehead atoms. The first kappa shape index (κ1) is 23.0. The van der Waals surface area contributed by atoms with Crippen molar-refractivity contribution in [3.8, 4) is 0 Å². The molecule has 1 rings (SSSR count). The van der Waals surface area contributed by atoms with Crippen LogP contribution in [-0.2, 0) is 19.1 Å². The maximum absolute atomic E-state index is 12.5. The van der Waals surface area contributed by atoms with Crippen LogP contribution in [0.2, 0.25) is 0 Å². The Kier molecular flexibility index (Phi) is 9.95. The third-order valence-electron chi connectivity index (χ3n) is 3.99. The Morgan fingerprint density at radius 3 is 2.37 bits per heavy atom. The summed E-state index contributed by atoms with van der Waals surface area (Å²) in [5, 5.41) is 3.30. The highest BCUT2D eigenvalue weighted by molar-refractivity contribution is 7.15. The van der Waals surface area contributed by atoms with Crippen molar-refractivity contribution < 1.29 is 19.1 Å². The largest absolute Gasteiger partial charge is 0.469 e. The summed E-state index contributed by atoms with van der Waals surface area (Å²) in [5.74, 6) is -0.747. The van der Waals surface area contributed by atoms with Gasteiger partial charge in [-0.2, -0.15) is 0 Å². The lowest BCUT2D eigenvalue weighted by atomic mass is 10.2. The van der Waals surface area contributed by atoms with Crippen molar-refractivity contribution in [2.75, 3.05) is 46.2 Å². The van der Waals surface area contributed by atoms with Gasteiger partial charge < -0.3 is 19.9 Å². The number of rotatable bonds is 11. The van der Waals surface area contributed by atoms with Crippen LogP contribution >= 0.6 is 11.3 Å². The Bertz CT molecular complexity index is 626. The SMILES string of the molecule is COC(=O)CCCC(=O)N(CCCN(C)C)CC(=O)Nc1nc(C)c(C)s1. The minimum atomic E-state index is -0.339. The molecule has 0 unspecified atom stereocenters. The number of anilines is 1. The van der Waals surface area contributed by atoms with Gasteiger partial charge in [-0.25, -0.2) is 4.98 Å². The molecule has 1 N–H and O–H groups in total. The van der Waals surface area contributed by atoms with Crippen molar-refractivity contribution in [1.29, 1.82) is 0 Å². The number of carbonyl (C=O) groups is 3. The Labute approximate surface area is 164 Å². The van der Waals surface area contributed by atoms with E-state index in [4.69, 9.17) is 0 Å². The number of thiazole rings is 1. The van der Waals surface area contributed by atoms with E-state index in [1.54, 1.807) is 4.90 Å². The van der Waals surface area contributed by atoms with E-state index in [0.29, 0.717) is 18.1 Å². The summed E-state index contributed by atoms with van der Waals surface area (Å²) in [6, 6.07) is 0. The van der Waals surface area contributed by atoms with Gasteiger partial charge in [0, 0.05) is 24.3 Å². The summed E-state index contributed by atoms with van der Waals surface area (Å²) in [4.78, 5) is 45.0. The molecule has 1 heterocycles. The molecule has 0 fully saturated rings. The summed E-state index contributed by atoms with van der Waals surface area (Å²) in [5.41, 5.74) is 0.886. The van der Waals surface area contributed by atoms with Gasteiger partial charge in [0.15, 0.2) is 5.13 Å². The van der Waals surface area contributed by atoms with Gasteiger partial charge in [0.25, 0.3) is 0 Å². The van der Waals surface area contributed by atoms with Crippen LogP contribution in [0.5, 0.6) is 0 Å². The number of hydrogen-bond donors (Lipinski definition) is 1. The zero-order chi connectivity index (χ0) is 20.4. The predicted molar refractivity (Wildman–Crippen MR) is 106 cm³/mol. The number of amides is 2. The van der Waals surface area contributed by atoms with Crippen LogP contribution in [0.4, 0.5) is 5.13 Å². The first-order valence-electron chi connectivity index (χ1n) is 8.96. The lowest BCUT2D eigenvalue weighted by Crippen LogP contribution is -2.39. The van der Waals surface area contributed by atoms with Crippen molar-refractivity contribution in [2.24, 2.45) is 0 Å². The van der Waals surface area contributed by atoms with Crippen LogP contribution in [0.25, 0.3) is 0 Å². The van der Waals surface area contributed by atoms with Crippen LogP contribution in [0.15, 0.2) is 0 Å². The minimum Gasteiger partial charge on any atom is -0.469 e. The number of nitrogens with one attached hydrogen (secondary N) is 1. The average molecular weight is 399 g/mol. The first-order valence-corrected chi connectivity index (χ1v) is 9.77. The molecule has 0 aliphatic rings. The smallest absolute Gasteiger partial charge is 0.305 e. The van der Waals surface area contributed by atoms with Crippen LogP contribution in [0.1, 0.15) is 36.3 Å². The van der Waals surface area contributed by atoms with Gasteiger partial charge in [0.05, 0.1) is 19.3 Å². The standard InChI is InChI=1S/C18H30N4O4S/c1-13-14(2)27-18(19-13)20-15(23)12-22(11-7-10-21(3)4)16(24)8-6-9-17(25)26-5/h6-12H2,1-5H3,(H,19,20,23). The Balaban J connectivity index is 2.61. The predicted octanol–water partition coefficient (Wildman–Crippen LogP) is 1.82. The van der Waals surface area contributed by atoms with Crippen LogP contribution in [-0.4, -0.2) is 73.4 Å². The number of methoxy groups -OCH3 is 1. The summed E-state index contributed by atoms with van der Waals surface area (Å²) in [7, 11) is 5.24. The van der Waals surface area contributed by atoms with Gasteiger partial charge in [-0.15, -0.1) is 11.3 Å². The van der Waals surface area contributed by atoms with Crippen LogP contribution in [0.3, 0.4) is 0 Å². The fraction of sp³-hybridized carbons (Fsp3) is 0.667. The van der Waals surface area contributed by atoms with E-state index >= 15 is 0 Å². The Morgan fingerprint density at radius 1 is 1.11 bits per heavy atom. The fourth-order valence-corrected chi connectivity index (χ4v) is 3.20. The molecular weight excluding hydrogens is 368 g/mol. The Morgan fingerprint density at radius 2 is 1.81 bits per heavy atom. The maximum Gasteiger partial charge on any atom is 0.305 e. The zero-order valence-corrected chi connectivity index (χ0v) is 17.6. The molecule has 27 heavy (non-hydrogen) atoms. The highest BCUT2D eigenvalue weighted by Gasteiger charge is 2.18. The number of aromatic nitrogens is 1. The summed E-state index contributed by atoms with van der Waals surface area (Å²) >= 11 is 1.41. The van der Waals surface area contributed by atoms with E-state index in [0.717, 1.165) is 23.5 Å². The van der Waals surface area contributed by atoms with Crippen molar-refractivity contribution in [3.63, 3.8) is 0 Å². The van der Waals surface area contributed by atoms with E-state index in [1.807, 2.05) is 32.8 Å². The molecule has 0 saturated carbocycles. The second-order valence-electron chi connectivity index (χ2n) is 6.61. The molecule has 0 atom stereocenters. The molecule has 0 radical (unpaired) electrons. The zero-order valence-electron chi connectivity index (χ0n) is 16.8. The fourth-order valence-electron chi connectivity index (χ4n) is 2.37. The van der Waals surface area contributed by atoms with Gasteiger partial charge in [-0.1, -0.05) is 0 Å². The van der Waals surface area contributed by atoms with Crippen molar-refractivity contribution in [2.45, 2.75) is 39.5 Å². The van der Waals surface area contributed by atoms with Crippen LogP contribution < -0.4 is 5.32 Å². The average Bonchev–Trinajstić information content (AvgIpc) is 2.90. The number of hydrogen-bond acceptors (Lipinski definition) is 7. The van der Waals surface area contributed by atoms with Crippen molar-refractivity contribution in [1.82, 2.24) is 14.8 Å². The summed E-state index contributed by atoms with van der Waals surface area (Å²) in [6.45, 7) is 5.11. The topological polar surface area (TPSA) is 91.8 Å². The highest BCUT2D eigenvalue weighted by atomic mass is 32.1. The molecule has 0 spiro atoms. The quantitative estimate of drug-likeness (QED) is 0.572. The molecular formula is C18H30N4O4S. The Hall–Kier alpha value is -2.00. The monoisotopic (exact) mass is 398 g/mol. The maximum atomic E-state index is 12.5. The second-order valence-corrected chi connectivity index (χ2v) is 7.81. The van der Waals surface area contributed by atoms with Crippen molar-refractivity contribution in [3.05, 3.63) is 10.6 Å². The van der Waals surface area contributed by atoms with Gasteiger partial charge in [-0.05, 0) is 47.3 Å². The van der Waals surface area contributed by atoms with Gasteiger partial charge in [-0.3, -0.25) is 14.4 Å². The van der Waals surface area contributed by atoms with E-state index in [-0.39, 0.29) is 37.2 Å².